The van der Waals surface area contributed by atoms with E-state index < -0.39 is 41.5 Å². The van der Waals surface area contributed by atoms with Gasteiger partial charge < -0.3 is 19.5 Å². The molecule has 0 saturated carbocycles. The number of halogens is 4. The summed E-state index contributed by atoms with van der Waals surface area (Å²) in [5, 5.41) is 6.43. The van der Waals surface area contributed by atoms with Crippen LogP contribution in [0.1, 0.15) is 23.0 Å². The second-order valence-electron chi connectivity index (χ2n) is 7.03. The largest absolute Gasteiger partial charge is 0.495 e. The van der Waals surface area contributed by atoms with Crippen molar-refractivity contribution in [3.8, 4) is 17.2 Å². The van der Waals surface area contributed by atoms with Crippen LogP contribution in [-0.2, 0) is 15.7 Å². The highest BCUT2D eigenvalue weighted by atomic mass is 35.5. The average molecular weight is 526 g/mol. The van der Waals surface area contributed by atoms with Crippen LogP contribution in [0, 0.1) is 0 Å². The molecule has 1 aromatic heterocycles. The van der Waals surface area contributed by atoms with Gasteiger partial charge in [-0.3, -0.25) is 9.59 Å². The Morgan fingerprint density at radius 3 is 2.47 bits per heavy atom. The summed E-state index contributed by atoms with van der Waals surface area (Å²) < 4.78 is 55.3. The van der Waals surface area contributed by atoms with Gasteiger partial charge in [-0.25, -0.2) is 4.79 Å². The molecule has 0 aliphatic heterocycles. The Kier molecular flexibility index (Phi) is 8.20. The normalized spacial score (nSPS) is 11.1. The number of amides is 1. The molecular formula is C23H19ClF3N3O6. The van der Waals surface area contributed by atoms with E-state index in [1.54, 1.807) is 19.1 Å². The topological polar surface area (TPSA) is 109 Å². The predicted octanol–water partition coefficient (Wildman–Crippen LogP) is 4.11. The van der Waals surface area contributed by atoms with E-state index in [2.05, 4.69) is 10.4 Å². The van der Waals surface area contributed by atoms with E-state index in [0.29, 0.717) is 6.07 Å². The molecule has 1 heterocycles. The number of nitrogens with one attached hydrogen (secondary N) is 1. The molecule has 36 heavy (non-hydrogen) atoms. The zero-order chi connectivity index (χ0) is 26.5. The molecule has 13 heteroatoms. The maximum Gasteiger partial charge on any atom is 0.416 e. The second-order valence-corrected chi connectivity index (χ2v) is 7.44. The predicted molar refractivity (Wildman–Crippen MR) is 123 cm³/mol. The smallest absolute Gasteiger partial charge is 0.416 e. The Hall–Kier alpha value is -4.06. The molecule has 0 aliphatic carbocycles. The van der Waals surface area contributed by atoms with Crippen molar-refractivity contribution in [1.82, 2.24) is 9.78 Å². The number of nitrogens with zero attached hydrogens (tertiary/aromatic N) is 2. The molecule has 0 spiro atoms. The summed E-state index contributed by atoms with van der Waals surface area (Å²) in [6.07, 6.45) is -4.64. The molecule has 1 amide bonds. The lowest BCUT2D eigenvalue weighted by atomic mass is 10.1. The fraction of sp³-hybridized carbons (Fsp3) is 0.217. The van der Waals surface area contributed by atoms with Gasteiger partial charge in [-0.05, 0) is 37.3 Å². The monoisotopic (exact) mass is 525 g/mol. The van der Waals surface area contributed by atoms with E-state index in [1.807, 2.05) is 0 Å². The van der Waals surface area contributed by atoms with Crippen molar-refractivity contribution >= 4 is 29.2 Å². The van der Waals surface area contributed by atoms with E-state index >= 15 is 0 Å². The highest BCUT2D eigenvalue weighted by molar-refractivity contribution is 6.32. The number of aromatic nitrogens is 2. The van der Waals surface area contributed by atoms with Crippen molar-refractivity contribution in [1.29, 1.82) is 0 Å². The number of carbonyl (C=O) groups excluding carboxylic acids is 2. The minimum atomic E-state index is -4.64. The van der Waals surface area contributed by atoms with E-state index in [-0.39, 0.29) is 34.5 Å². The summed E-state index contributed by atoms with van der Waals surface area (Å²) in [6, 6.07) is 9.74. The van der Waals surface area contributed by atoms with Gasteiger partial charge in [0.15, 0.2) is 12.4 Å². The van der Waals surface area contributed by atoms with Crippen LogP contribution in [-0.4, -0.2) is 42.0 Å². The van der Waals surface area contributed by atoms with Crippen LogP contribution in [0.3, 0.4) is 0 Å². The third-order valence-electron chi connectivity index (χ3n) is 4.61. The van der Waals surface area contributed by atoms with Crippen LogP contribution in [0.5, 0.6) is 11.5 Å². The summed E-state index contributed by atoms with van der Waals surface area (Å²) in [5.74, 6) is -2.22. The number of carbonyl (C=O) groups is 2. The highest BCUT2D eigenvalue weighted by Gasteiger charge is 2.31. The lowest BCUT2D eigenvalue weighted by molar-refractivity contribution is -0.137. The number of ether oxygens (including phenoxy) is 3. The van der Waals surface area contributed by atoms with Gasteiger partial charge in [0.2, 0.25) is 5.69 Å². The molecule has 3 rings (SSSR count). The van der Waals surface area contributed by atoms with Gasteiger partial charge in [-0.1, -0.05) is 23.7 Å². The molecule has 0 saturated heterocycles. The Morgan fingerprint density at radius 1 is 1.11 bits per heavy atom. The van der Waals surface area contributed by atoms with Crippen molar-refractivity contribution in [3.63, 3.8) is 0 Å². The number of para-hydroxylation sites is 1. The quantitative estimate of drug-likeness (QED) is 0.441. The number of benzene rings is 2. The van der Waals surface area contributed by atoms with Crippen molar-refractivity contribution in [2.24, 2.45) is 0 Å². The molecule has 9 nitrogen and oxygen atoms in total. The first-order chi connectivity index (χ1) is 17.0. The molecule has 0 aliphatic rings. The lowest BCUT2D eigenvalue weighted by Gasteiger charge is -2.15. The maximum absolute atomic E-state index is 13.0. The zero-order valence-corrected chi connectivity index (χ0v) is 19.6. The summed E-state index contributed by atoms with van der Waals surface area (Å²) in [5.41, 5.74) is -2.21. The molecule has 0 radical (unpaired) electrons. The Labute approximate surface area is 207 Å². The summed E-state index contributed by atoms with van der Waals surface area (Å²) in [6.45, 7) is 0.766. The van der Waals surface area contributed by atoms with Gasteiger partial charge in [0.05, 0.1) is 41.7 Å². The summed E-state index contributed by atoms with van der Waals surface area (Å²) >= 11 is 6.13. The van der Waals surface area contributed by atoms with E-state index in [9.17, 15) is 27.6 Å². The number of anilines is 1. The molecule has 0 unspecified atom stereocenters. The minimum Gasteiger partial charge on any atom is -0.495 e. The molecule has 0 atom stereocenters. The average Bonchev–Trinajstić information content (AvgIpc) is 2.83. The van der Waals surface area contributed by atoms with Gasteiger partial charge in [-0.2, -0.15) is 23.0 Å². The third-order valence-corrected chi connectivity index (χ3v) is 4.93. The number of hydrogen-bond donors (Lipinski definition) is 1. The van der Waals surface area contributed by atoms with Gasteiger partial charge in [-0.15, -0.1) is 0 Å². The SMILES string of the molecule is CCOC(=O)c1nn(-c2ccccc2Cl)c(=O)cc1OCC(=O)Nc1cc(C(F)(F)F)ccc1OC. The van der Waals surface area contributed by atoms with E-state index in [1.165, 1.54) is 19.2 Å². The minimum absolute atomic E-state index is 0.0129. The van der Waals surface area contributed by atoms with Crippen molar-refractivity contribution in [2.45, 2.75) is 13.1 Å². The summed E-state index contributed by atoms with van der Waals surface area (Å²) in [4.78, 5) is 37.6. The van der Waals surface area contributed by atoms with Crippen molar-refractivity contribution in [3.05, 3.63) is 75.2 Å². The van der Waals surface area contributed by atoms with Gasteiger partial charge in [0.25, 0.3) is 11.5 Å². The number of hydrogen-bond acceptors (Lipinski definition) is 7. The first-order valence-corrected chi connectivity index (χ1v) is 10.7. The highest BCUT2D eigenvalue weighted by Crippen LogP contribution is 2.35. The van der Waals surface area contributed by atoms with Gasteiger partial charge >= 0.3 is 12.1 Å². The molecular weight excluding hydrogens is 507 g/mol. The fourth-order valence-electron chi connectivity index (χ4n) is 3.00. The fourth-order valence-corrected chi connectivity index (χ4v) is 3.21. The Morgan fingerprint density at radius 2 is 1.83 bits per heavy atom. The van der Waals surface area contributed by atoms with Crippen LogP contribution < -0.4 is 20.3 Å². The Balaban J connectivity index is 1.88. The molecule has 0 fully saturated rings. The first kappa shape index (κ1) is 26.5. The van der Waals surface area contributed by atoms with E-state index in [0.717, 1.165) is 22.9 Å². The standard InChI is InChI=1S/C23H19ClF3N3O6/c1-3-35-22(33)21-18(11-20(32)30(29-21)16-7-5-4-6-14(16)24)36-12-19(31)28-15-10-13(23(25,26)27)8-9-17(15)34-2/h4-11H,3,12H2,1-2H3,(H,28,31). The van der Waals surface area contributed by atoms with Gasteiger partial charge in [0, 0.05) is 0 Å². The zero-order valence-electron chi connectivity index (χ0n) is 18.9. The molecule has 3 aromatic rings. The van der Waals surface area contributed by atoms with E-state index in [4.69, 9.17) is 25.8 Å². The lowest BCUT2D eigenvalue weighted by Crippen LogP contribution is -2.27. The van der Waals surface area contributed by atoms with Crippen LogP contribution in [0.25, 0.3) is 5.69 Å². The number of methoxy groups -OCH3 is 1. The Bertz CT molecular complexity index is 1340. The van der Waals surface area contributed by atoms with Crippen LogP contribution >= 0.6 is 11.6 Å². The molecule has 0 bridgehead atoms. The summed E-state index contributed by atoms with van der Waals surface area (Å²) in [7, 11) is 1.22. The third kappa shape index (κ3) is 6.13. The molecule has 2 aromatic carbocycles. The number of rotatable bonds is 8. The molecule has 190 valence electrons. The first-order valence-electron chi connectivity index (χ1n) is 10.3. The number of alkyl halides is 3. The second kappa shape index (κ2) is 11.1. The van der Waals surface area contributed by atoms with Crippen LogP contribution in [0.4, 0.5) is 18.9 Å². The number of esters is 1. The van der Waals surface area contributed by atoms with Crippen LogP contribution in [0.2, 0.25) is 5.02 Å². The maximum atomic E-state index is 13.0. The molecule has 1 N–H and O–H groups in total. The van der Waals surface area contributed by atoms with Crippen molar-refractivity contribution in [2.75, 3.05) is 25.6 Å². The van der Waals surface area contributed by atoms with Crippen LogP contribution in [0.15, 0.2) is 53.3 Å². The van der Waals surface area contributed by atoms with Crippen molar-refractivity contribution < 1.29 is 37.0 Å². The van der Waals surface area contributed by atoms with Gasteiger partial charge in [0.1, 0.15) is 5.75 Å².